The minimum Gasteiger partial charge on any atom is -0.454 e. The molecule has 2 heterocycles. The number of fused-ring (bicyclic) bond motifs is 1. The SMILES string of the molecule is O=C([C@@H](O)[C@@H](O)/C=C/c1ccc2c(c1)OCO2)N1CCCCC1. The lowest BCUT2D eigenvalue weighted by Crippen LogP contribution is -2.46. The van der Waals surface area contributed by atoms with E-state index in [-0.39, 0.29) is 6.79 Å². The summed E-state index contributed by atoms with van der Waals surface area (Å²) in [5.74, 6) is 0.919. The standard InChI is InChI=1S/C17H21NO5/c19-13(16(20)17(21)18-8-2-1-3-9-18)6-4-12-5-7-14-15(10-12)23-11-22-14/h4-7,10,13,16,19-20H,1-3,8-9,11H2/b6-4+/t13-,16-/m0/s1. The number of nitrogens with zero attached hydrogens (tertiary/aromatic N) is 1. The molecule has 23 heavy (non-hydrogen) atoms. The smallest absolute Gasteiger partial charge is 0.254 e. The van der Waals surface area contributed by atoms with Crippen molar-refractivity contribution < 1.29 is 24.5 Å². The van der Waals surface area contributed by atoms with E-state index in [9.17, 15) is 15.0 Å². The van der Waals surface area contributed by atoms with Crippen LogP contribution in [0.3, 0.4) is 0 Å². The lowest BCUT2D eigenvalue weighted by molar-refractivity contribution is -0.145. The first-order valence-electron chi connectivity index (χ1n) is 7.88. The summed E-state index contributed by atoms with van der Waals surface area (Å²) in [6, 6.07) is 5.38. The van der Waals surface area contributed by atoms with Crippen molar-refractivity contribution in [3.63, 3.8) is 0 Å². The van der Waals surface area contributed by atoms with Crippen LogP contribution >= 0.6 is 0 Å². The predicted molar refractivity (Wildman–Crippen MR) is 84.0 cm³/mol. The molecule has 1 fully saturated rings. The Morgan fingerprint density at radius 3 is 2.65 bits per heavy atom. The zero-order valence-electron chi connectivity index (χ0n) is 12.9. The van der Waals surface area contributed by atoms with Gasteiger partial charge < -0.3 is 24.6 Å². The first-order valence-corrected chi connectivity index (χ1v) is 7.88. The van der Waals surface area contributed by atoms with Gasteiger partial charge in [0.2, 0.25) is 6.79 Å². The second kappa shape index (κ2) is 7.02. The van der Waals surface area contributed by atoms with E-state index in [1.807, 2.05) is 6.07 Å². The third kappa shape index (κ3) is 3.65. The van der Waals surface area contributed by atoms with Crippen LogP contribution in [-0.2, 0) is 4.79 Å². The molecule has 6 heteroatoms. The molecule has 1 amide bonds. The Morgan fingerprint density at radius 2 is 1.87 bits per heavy atom. The van der Waals surface area contributed by atoms with Crippen molar-refractivity contribution in [1.29, 1.82) is 0 Å². The fourth-order valence-electron chi connectivity index (χ4n) is 2.78. The number of hydrogen-bond acceptors (Lipinski definition) is 5. The largest absolute Gasteiger partial charge is 0.454 e. The van der Waals surface area contributed by atoms with E-state index in [4.69, 9.17) is 9.47 Å². The molecule has 0 aliphatic carbocycles. The number of rotatable bonds is 4. The van der Waals surface area contributed by atoms with E-state index < -0.39 is 18.1 Å². The van der Waals surface area contributed by atoms with Crippen molar-refractivity contribution in [1.82, 2.24) is 4.90 Å². The van der Waals surface area contributed by atoms with Crippen molar-refractivity contribution in [2.75, 3.05) is 19.9 Å². The lowest BCUT2D eigenvalue weighted by Gasteiger charge is -2.29. The summed E-state index contributed by atoms with van der Waals surface area (Å²) in [6.45, 7) is 1.50. The number of aliphatic hydroxyl groups is 2. The van der Waals surface area contributed by atoms with Crippen LogP contribution in [0.5, 0.6) is 11.5 Å². The van der Waals surface area contributed by atoms with E-state index in [1.165, 1.54) is 6.08 Å². The fraction of sp³-hybridized carbons (Fsp3) is 0.471. The number of ether oxygens (including phenoxy) is 2. The van der Waals surface area contributed by atoms with Crippen LogP contribution in [0, 0.1) is 0 Å². The number of piperidine rings is 1. The lowest BCUT2D eigenvalue weighted by atomic mass is 10.1. The van der Waals surface area contributed by atoms with Crippen LogP contribution in [0.25, 0.3) is 6.08 Å². The molecule has 6 nitrogen and oxygen atoms in total. The monoisotopic (exact) mass is 319 g/mol. The van der Waals surface area contributed by atoms with Crippen LogP contribution in [0.1, 0.15) is 24.8 Å². The van der Waals surface area contributed by atoms with Gasteiger partial charge in [-0.1, -0.05) is 18.2 Å². The van der Waals surface area contributed by atoms with Crippen LogP contribution < -0.4 is 9.47 Å². The molecular weight excluding hydrogens is 298 g/mol. The number of carbonyl (C=O) groups excluding carboxylic acids is 1. The molecular formula is C17H21NO5. The molecule has 2 aliphatic rings. The van der Waals surface area contributed by atoms with Gasteiger partial charge in [-0.25, -0.2) is 0 Å². The minimum atomic E-state index is -1.43. The predicted octanol–water partition coefficient (Wildman–Crippen LogP) is 1.16. The second-order valence-corrected chi connectivity index (χ2v) is 5.79. The number of benzene rings is 1. The van der Waals surface area contributed by atoms with E-state index >= 15 is 0 Å². The maximum absolute atomic E-state index is 12.1. The van der Waals surface area contributed by atoms with Crippen LogP contribution in [0.15, 0.2) is 24.3 Å². The molecule has 3 rings (SSSR count). The van der Waals surface area contributed by atoms with Gasteiger partial charge in [-0.15, -0.1) is 0 Å². The average Bonchev–Trinajstić information content (AvgIpc) is 3.06. The summed E-state index contributed by atoms with van der Waals surface area (Å²) < 4.78 is 10.5. The summed E-state index contributed by atoms with van der Waals surface area (Å²) in [7, 11) is 0. The maximum Gasteiger partial charge on any atom is 0.254 e. The zero-order valence-corrected chi connectivity index (χ0v) is 12.9. The van der Waals surface area contributed by atoms with Crippen molar-refractivity contribution in [2.24, 2.45) is 0 Å². The normalized spacial score (nSPS) is 19.8. The highest BCUT2D eigenvalue weighted by Crippen LogP contribution is 2.32. The molecule has 0 saturated carbocycles. The van der Waals surface area contributed by atoms with Gasteiger partial charge in [0.05, 0.1) is 0 Å². The van der Waals surface area contributed by atoms with E-state index in [0.717, 1.165) is 24.8 Å². The molecule has 124 valence electrons. The molecule has 2 aliphatic heterocycles. The molecule has 1 aromatic carbocycles. The Morgan fingerprint density at radius 1 is 1.13 bits per heavy atom. The highest BCUT2D eigenvalue weighted by Gasteiger charge is 2.28. The summed E-state index contributed by atoms with van der Waals surface area (Å²) in [5.41, 5.74) is 0.797. The van der Waals surface area contributed by atoms with Gasteiger partial charge in [-0.05, 0) is 37.0 Å². The topological polar surface area (TPSA) is 79.2 Å². The van der Waals surface area contributed by atoms with Crippen LogP contribution in [0.4, 0.5) is 0 Å². The zero-order chi connectivity index (χ0) is 16.2. The van der Waals surface area contributed by atoms with Crippen molar-refractivity contribution in [3.8, 4) is 11.5 Å². The van der Waals surface area contributed by atoms with Gasteiger partial charge in [-0.2, -0.15) is 0 Å². The quantitative estimate of drug-likeness (QED) is 0.871. The second-order valence-electron chi connectivity index (χ2n) is 5.79. The highest BCUT2D eigenvalue weighted by molar-refractivity contribution is 5.81. The molecule has 1 saturated heterocycles. The first kappa shape index (κ1) is 15.8. The van der Waals surface area contributed by atoms with E-state index in [0.29, 0.717) is 24.6 Å². The Hall–Kier alpha value is -2.05. The Balaban J connectivity index is 1.61. The van der Waals surface area contributed by atoms with Crippen molar-refractivity contribution in [3.05, 3.63) is 29.8 Å². The van der Waals surface area contributed by atoms with Gasteiger partial charge in [0, 0.05) is 13.1 Å². The molecule has 0 bridgehead atoms. The third-order valence-electron chi connectivity index (χ3n) is 4.13. The molecule has 2 atom stereocenters. The molecule has 1 aromatic rings. The van der Waals surface area contributed by atoms with Gasteiger partial charge in [0.25, 0.3) is 5.91 Å². The van der Waals surface area contributed by atoms with Crippen molar-refractivity contribution in [2.45, 2.75) is 31.5 Å². The van der Waals surface area contributed by atoms with Gasteiger partial charge in [-0.3, -0.25) is 4.79 Å². The fourth-order valence-corrected chi connectivity index (χ4v) is 2.78. The number of hydrogen-bond donors (Lipinski definition) is 2. The number of aliphatic hydroxyl groups excluding tert-OH is 2. The summed E-state index contributed by atoms with van der Waals surface area (Å²) >= 11 is 0. The van der Waals surface area contributed by atoms with E-state index in [2.05, 4.69) is 0 Å². The van der Waals surface area contributed by atoms with Crippen LogP contribution in [-0.4, -0.2) is 53.1 Å². The molecule has 0 aromatic heterocycles. The summed E-state index contributed by atoms with van der Waals surface area (Å²) in [6.07, 6.45) is 3.40. The molecule has 0 spiro atoms. The molecule has 0 radical (unpaired) electrons. The van der Waals surface area contributed by atoms with Crippen molar-refractivity contribution >= 4 is 12.0 Å². The van der Waals surface area contributed by atoms with Gasteiger partial charge >= 0.3 is 0 Å². The number of amides is 1. The number of carbonyl (C=O) groups is 1. The molecule has 0 unspecified atom stereocenters. The van der Waals surface area contributed by atoms with E-state index in [1.54, 1.807) is 23.1 Å². The molecule has 2 N–H and O–H groups in total. The highest BCUT2D eigenvalue weighted by atomic mass is 16.7. The van der Waals surface area contributed by atoms with Gasteiger partial charge in [0.1, 0.15) is 6.10 Å². The van der Waals surface area contributed by atoms with Crippen LogP contribution in [0.2, 0.25) is 0 Å². The Labute approximate surface area is 134 Å². The Bertz CT molecular complexity index is 595. The summed E-state index contributed by atoms with van der Waals surface area (Å²) in [4.78, 5) is 13.8. The van der Waals surface area contributed by atoms with Gasteiger partial charge in [0.15, 0.2) is 17.6 Å². The maximum atomic E-state index is 12.1. The first-order chi connectivity index (χ1) is 11.1. The number of likely N-dealkylation sites (tertiary alicyclic amines) is 1. The summed E-state index contributed by atoms with van der Waals surface area (Å²) in [5, 5.41) is 20.1. The third-order valence-corrected chi connectivity index (χ3v) is 4.13. The average molecular weight is 319 g/mol. The minimum absolute atomic E-state index is 0.203. The Kier molecular flexibility index (Phi) is 4.83.